The summed E-state index contributed by atoms with van der Waals surface area (Å²) < 4.78 is 0. The lowest BCUT2D eigenvalue weighted by Crippen LogP contribution is -2.19. The van der Waals surface area contributed by atoms with Crippen molar-refractivity contribution in [1.29, 1.82) is 0 Å². The number of nitrogens with zero attached hydrogens (tertiary/aromatic N) is 1. The summed E-state index contributed by atoms with van der Waals surface area (Å²) in [5, 5.41) is 2.56. The van der Waals surface area contributed by atoms with Gasteiger partial charge in [-0.25, -0.2) is 0 Å². The molecule has 0 spiro atoms. The van der Waals surface area contributed by atoms with Crippen molar-refractivity contribution in [3.05, 3.63) is 150 Å². The largest absolute Gasteiger partial charge is 0.310 e. The van der Waals surface area contributed by atoms with E-state index >= 15 is 0 Å². The molecule has 0 N–H and O–H groups in total. The van der Waals surface area contributed by atoms with E-state index in [1.807, 2.05) is 0 Å². The summed E-state index contributed by atoms with van der Waals surface area (Å²) in [4.78, 5) is 2.57. The van der Waals surface area contributed by atoms with E-state index in [1.165, 1.54) is 125 Å². The van der Waals surface area contributed by atoms with Crippen LogP contribution < -0.4 is 4.90 Å². The minimum Gasteiger partial charge on any atom is -0.310 e. The van der Waals surface area contributed by atoms with Gasteiger partial charge in [-0.1, -0.05) is 131 Å². The van der Waals surface area contributed by atoms with Crippen LogP contribution in [0.5, 0.6) is 0 Å². The first-order valence-corrected chi connectivity index (χ1v) is 19.8. The molecule has 4 aliphatic rings. The van der Waals surface area contributed by atoms with Gasteiger partial charge in [-0.2, -0.15) is 0 Å². The molecule has 3 saturated carbocycles. The van der Waals surface area contributed by atoms with Gasteiger partial charge in [0.2, 0.25) is 0 Å². The van der Waals surface area contributed by atoms with Crippen LogP contribution in [-0.2, 0) is 5.41 Å². The minimum atomic E-state index is -0.148. The third kappa shape index (κ3) is 5.18. The maximum Gasteiger partial charge on any atom is 0.0543 e. The van der Waals surface area contributed by atoms with Gasteiger partial charge in [-0.15, -0.1) is 0 Å². The third-order valence-electron chi connectivity index (χ3n) is 13.5. The Morgan fingerprint density at radius 1 is 0.569 bits per heavy atom. The average molecular weight is 664 g/mol. The van der Waals surface area contributed by atoms with Gasteiger partial charge in [0.1, 0.15) is 0 Å². The predicted molar refractivity (Wildman–Crippen MR) is 216 cm³/mol. The lowest BCUT2D eigenvalue weighted by atomic mass is 9.78. The second kappa shape index (κ2) is 12.3. The topological polar surface area (TPSA) is 3.24 Å². The molecule has 6 aromatic rings. The zero-order chi connectivity index (χ0) is 34.1. The summed E-state index contributed by atoms with van der Waals surface area (Å²) in [6, 6.07) is 49.3. The highest BCUT2D eigenvalue weighted by atomic mass is 15.1. The first kappa shape index (κ1) is 31.1. The molecule has 1 nitrogen and oxygen atoms in total. The second-order valence-corrected chi connectivity index (χ2v) is 16.7. The van der Waals surface area contributed by atoms with Crippen LogP contribution >= 0.6 is 0 Å². The van der Waals surface area contributed by atoms with Crippen molar-refractivity contribution in [2.45, 2.75) is 88.9 Å². The molecule has 2 bridgehead atoms. The van der Waals surface area contributed by atoms with E-state index in [0.717, 1.165) is 17.8 Å². The first-order valence-electron chi connectivity index (χ1n) is 19.8. The number of anilines is 3. The van der Waals surface area contributed by atoms with Crippen molar-refractivity contribution in [3.63, 3.8) is 0 Å². The molecule has 1 heteroatoms. The number of rotatable bonds is 6. The summed E-state index contributed by atoms with van der Waals surface area (Å²) in [6.07, 6.45) is 12.4. The maximum atomic E-state index is 2.57. The molecular formula is C50H49N. The molecule has 0 saturated heterocycles. The van der Waals surface area contributed by atoms with Gasteiger partial charge >= 0.3 is 0 Å². The predicted octanol–water partition coefficient (Wildman–Crippen LogP) is 14.2. The molecule has 3 unspecified atom stereocenters. The number of hydrogen-bond donors (Lipinski definition) is 0. The number of hydrogen-bond acceptors (Lipinski definition) is 1. The van der Waals surface area contributed by atoms with Crippen molar-refractivity contribution < 1.29 is 0 Å². The van der Waals surface area contributed by atoms with Crippen LogP contribution in [0, 0.1) is 11.8 Å². The van der Waals surface area contributed by atoms with E-state index < -0.39 is 0 Å². The first-order chi connectivity index (χ1) is 25.0. The molecule has 254 valence electrons. The lowest BCUT2D eigenvalue weighted by molar-refractivity contribution is 0.420. The van der Waals surface area contributed by atoms with E-state index in [0.29, 0.717) is 5.92 Å². The van der Waals surface area contributed by atoms with Crippen molar-refractivity contribution in [3.8, 4) is 22.3 Å². The summed E-state index contributed by atoms with van der Waals surface area (Å²) in [5.74, 6) is 3.25. The lowest BCUT2D eigenvalue weighted by Gasteiger charge is -2.33. The van der Waals surface area contributed by atoms with Crippen molar-refractivity contribution in [2.24, 2.45) is 11.8 Å². The fourth-order valence-corrected chi connectivity index (χ4v) is 11.0. The van der Waals surface area contributed by atoms with Crippen LogP contribution in [0.1, 0.15) is 106 Å². The Morgan fingerprint density at radius 2 is 1.27 bits per heavy atom. The quantitative estimate of drug-likeness (QED) is 0.171. The Hall–Kier alpha value is -4.62. The average Bonchev–Trinajstić information content (AvgIpc) is 3.89. The Bertz CT molecular complexity index is 2230. The van der Waals surface area contributed by atoms with Crippen molar-refractivity contribution in [2.75, 3.05) is 4.90 Å². The fourth-order valence-electron chi connectivity index (χ4n) is 11.0. The van der Waals surface area contributed by atoms with Crippen molar-refractivity contribution in [1.82, 2.24) is 0 Å². The van der Waals surface area contributed by atoms with E-state index in [9.17, 15) is 0 Å². The zero-order valence-corrected chi connectivity index (χ0v) is 30.2. The van der Waals surface area contributed by atoms with Crippen LogP contribution in [0.15, 0.2) is 127 Å². The third-order valence-corrected chi connectivity index (χ3v) is 13.5. The Labute approximate surface area is 304 Å². The molecule has 3 fully saturated rings. The van der Waals surface area contributed by atoms with Crippen LogP contribution in [0.25, 0.3) is 33.0 Å². The highest BCUT2D eigenvalue weighted by Crippen LogP contribution is 2.57. The van der Waals surface area contributed by atoms with Gasteiger partial charge in [0.05, 0.1) is 5.69 Å². The molecule has 0 amide bonds. The molecule has 0 heterocycles. The van der Waals surface area contributed by atoms with Gasteiger partial charge in [-0.3, -0.25) is 0 Å². The SMILES string of the molecule is CC1(C)c2ccccc2-c2ccc(N(c3ccc(C4CCCCC4)cc3)c3ccc(C4CC5CCC4C5)cc3)c(-c3ccc4ccccc4c3)c21. The second-order valence-electron chi connectivity index (χ2n) is 16.7. The Kier molecular flexibility index (Phi) is 7.49. The molecule has 0 aromatic heterocycles. The van der Waals surface area contributed by atoms with E-state index in [2.05, 4.69) is 146 Å². The van der Waals surface area contributed by atoms with Crippen LogP contribution in [-0.4, -0.2) is 0 Å². The molecule has 0 radical (unpaired) electrons. The summed E-state index contributed by atoms with van der Waals surface area (Å²) >= 11 is 0. The Balaban J connectivity index is 1.17. The van der Waals surface area contributed by atoms with Crippen LogP contribution in [0.3, 0.4) is 0 Å². The molecule has 0 aliphatic heterocycles. The van der Waals surface area contributed by atoms with Crippen LogP contribution in [0.2, 0.25) is 0 Å². The molecule has 4 aliphatic carbocycles. The number of benzene rings is 6. The molecule has 6 aromatic carbocycles. The fraction of sp³-hybridized carbons (Fsp3) is 0.320. The highest BCUT2D eigenvalue weighted by molar-refractivity contribution is 5.99. The Morgan fingerprint density at radius 3 is 2.00 bits per heavy atom. The van der Waals surface area contributed by atoms with E-state index in [4.69, 9.17) is 0 Å². The monoisotopic (exact) mass is 663 g/mol. The summed E-state index contributed by atoms with van der Waals surface area (Å²) in [5.41, 5.74) is 14.8. The van der Waals surface area contributed by atoms with Gasteiger partial charge in [0.25, 0.3) is 0 Å². The van der Waals surface area contributed by atoms with Gasteiger partial charge in [0, 0.05) is 22.4 Å². The smallest absolute Gasteiger partial charge is 0.0543 e. The van der Waals surface area contributed by atoms with Gasteiger partial charge in [0.15, 0.2) is 0 Å². The highest BCUT2D eigenvalue weighted by Gasteiger charge is 2.41. The van der Waals surface area contributed by atoms with E-state index in [1.54, 1.807) is 5.56 Å². The molecule has 10 rings (SSSR count). The summed E-state index contributed by atoms with van der Waals surface area (Å²) in [7, 11) is 0. The van der Waals surface area contributed by atoms with Crippen molar-refractivity contribution >= 4 is 27.8 Å². The maximum absolute atomic E-state index is 2.57. The molecule has 51 heavy (non-hydrogen) atoms. The van der Waals surface area contributed by atoms with Gasteiger partial charge in [-0.05, 0) is 142 Å². The summed E-state index contributed by atoms with van der Waals surface area (Å²) in [6.45, 7) is 4.86. The molecular weight excluding hydrogens is 615 g/mol. The normalized spacial score (nSPS) is 21.9. The van der Waals surface area contributed by atoms with Crippen LogP contribution in [0.4, 0.5) is 17.1 Å². The minimum absolute atomic E-state index is 0.148. The van der Waals surface area contributed by atoms with Gasteiger partial charge < -0.3 is 4.90 Å². The standard InChI is InChI=1S/C50H49N/c1-50(2)46-15-9-8-14-43(46)44-28-29-47(48(49(44)50)40-19-18-35-12-6-7-13-38(35)32-40)51(41-24-20-36(21-25-41)34-10-4-3-5-11-34)42-26-22-37(23-27-42)45-31-33-16-17-39(45)30-33/h6-9,12-15,18-29,32-34,39,45H,3-5,10-11,16-17,30-31H2,1-2H3. The zero-order valence-electron chi connectivity index (χ0n) is 30.2. The van der Waals surface area contributed by atoms with E-state index in [-0.39, 0.29) is 5.41 Å². The molecule has 3 atom stereocenters. The number of fused-ring (bicyclic) bond motifs is 6.